The van der Waals surface area contributed by atoms with Gasteiger partial charge < -0.3 is 20.1 Å². The number of benzene rings is 1. The first-order chi connectivity index (χ1) is 9.57. The van der Waals surface area contributed by atoms with Gasteiger partial charge in [0.05, 0.1) is 19.6 Å². The number of nitrogens with zero attached hydrogens (tertiary/aromatic N) is 1. The number of methoxy groups -OCH3 is 2. The Morgan fingerprint density at radius 3 is 2.55 bits per heavy atom. The van der Waals surface area contributed by atoms with Crippen LogP contribution in [0.3, 0.4) is 0 Å². The van der Waals surface area contributed by atoms with Gasteiger partial charge >= 0.3 is 0 Å². The summed E-state index contributed by atoms with van der Waals surface area (Å²) in [5, 5.41) is 0. The zero-order valence-electron chi connectivity index (χ0n) is 12.3. The van der Waals surface area contributed by atoms with Crippen LogP contribution in [0.15, 0.2) is 18.2 Å². The number of rotatable bonds is 6. The summed E-state index contributed by atoms with van der Waals surface area (Å²) in [4.78, 5) is 14.1. The minimum Gasteiger partial charge on any atom is -0.493 e. The smallest absolute Gasteiger partial charge is 0.230 e. The first-order valence-electron chi connectivity index (χ1n) is 6.73. The Morgan fingerprint density at radius 2 is 2.05 bits per heavy atom. The van der Waals surface area contributed by atoms with Crippen LogP contribution in [0, 0.1) is 5.41 Å². The summed E-state index contributed by atoms with van der Waals surface area (Å²) in [6, 6.07) is 5.67. The Bertz CT molecular complexity index is 498. The Kier molecular flexibility index (Phi) is 4.18. The van der Waals surface area contributed by atoms with Crippen molar-refractivity contribution in [3.05, 3.63) is 23.8 Å². The Morgan fingerprint density at radius 1 is 1.35 bits per heavy atom. The third kappa shape index (κ3) is 2.58. The summed E-state index contributed by atoms with van der Waals surface area (Å²) in [7, 11) is 5.01. The second-order valence-electron chi connectivity index (χ2n) is 5.30. The molecule has 1 aromatic carbocycles. The van der Waals surface area contributed by atoms with Crippen molar-refractivity contribution >= 4 is 5.91 Å². The van der Waals surface area contributed by atoms with E-state index in [1.807, 2.05) is 18.2 Å². The molecule has 5 heteroatoms. The molecule has 20 heavy (non-hydrogen) atoms. The quantitative estimate of drug-likeness (QED) is 0.854. The lowest BCUT2D eigenvalue weighted by atomic mass is 10.1. The summed E-state index contributed by atoms with van der Waals surface area (Å²) in [6.45, 7) is 0.909. The molecule has 0 aromatic heterocycles. The highest BCUT2D eigenvalue weighted by Crippen LogP contribution is 2.46. The maximum Gasteiger partial charge on any atom is 0.230 e. The monoisotopic (exact) mass is 278 g/mol. The lowest BCUT2D eigenvalue weighted by Gasteiger charge is -2.24. The van der Waals surface area contributed by atoms with Gasteiger partial charge in [-0.3, -0.25) is 4.79 Å². The number of amides is 1. The van der Waals surface area contributed by atoms with Gasteiger partial charge in [-0.25, -0.2) is 0 Å². The highest BCUT2D eigenvalue weighted by Gasteiger charge is 2.49. The summed E-state index contributed by atoms with van der Waals surface area (Å²) >= 11 is 0. The molecule has 1 aliphatic rings. The number of para-hydroxylation sites is 1. The number of carbonyl (C=O) groups is 1. The molecule has 0 saturated heterocycles. The van der Waals surface area contributed by atoms with Crippen LogP contribution in [-0.2, 0) is 11.3 Å². The van der Waals surface area contributed by atoms with E-state index in [9.17, 15) is 4.79 Å². The van der Waals surface area contributed by atoms with E-state index in [4.69, 9.17) is 15.2 Å². The van der Waals surface area contributed by atoms with E-state index in [1.165, 1.54) is 0 Å². The molecular weight excluding hydrogens is 256 g/mol. The van der Waals surface area contributed by atoms with Crippen molar-refractivity contribution in [3.63, 3.8) is 0 Å². The van der Waals surface area contributed by atoms with Crippen molar-refractivity contribution in [2.45, 2.75) is 19.4 Å². The average Bonchev–Trinajstić information content (AvgIpc) is 3.27. The number of hydrogen-bond acceptors (Lipinski definition) is 4. The van der Waals surface area contributed by atoms with Gasteiger partial charge in [0.15, 0.2) is 11.5 Å². The highest BCUT2D eigenvalue weighted by molar-refractivity contribution is 5.85. The summed E-state index contributed by atoms with van der Waals surface area (Å²) in [5.74, 6) is 1.46. The third-order valence-corrected chi connectivity index (χ3v) is 3.94. The lowest BCUT2D eigenvalue weighted by Crippen LogP contribution is -2.37. The maximum atomic E-state index is 12.4. The molecule has 0 spiro atoms. The van der Waals surface area contributed by atoms with Crippen LogP contribution in [0.1, 0.15) is 18.4 Å². The Labute approximate surface area is 119 Å². The molecule has 1 aromatic rings. The molecule has 0 heterocycles. The maximum absolute atomic E-state index is 12.4. The minimum absolute atomic E-state index is 0.116. The molecule has 0 aliphatic heterocycles. The molecule has 0 unspecified atom stereocenters. The van der Waals surface area contributed by atoms with Gasteiger partial charge in [0.2, 0.25) is 5.91 Å². The molecular formula is C15H22N2O3. The number of carbonyl (C=O) groups excluding carboxylic acids is 1. The standard InChI is InChI=1S/C15H22N2O3/c1-17(14(18)15(10-16)7-8-15)9-11-5-4-6-12(19-2)13(11)20-3/h4-6H,7-10,16H2,1-3H3. The van der Waals surface area contributed by atoms with Gasteiger partial charge in [0.1, 0.15) is 0 Å². The Balaban J connectivity index is 2.15. The fraction of sp³-hybridized carbons (Fsp3) is 0.533. The van der Waals surface area contributed by atoms with E-state index in [1.54, 1.807) is 26.2 Å². The highest BCUT2D eigenvalue weighted by atomic mass is 16.5. The largest absolute Gasteiger partial charge is 0.493 e. The molecule has 1 saturated carbocycles. The summed E-state index contributed by atoms with van der Waals surface area (Å²) in [6.07, 6.45) is 1.78. The summed E-state index contributed by atoms with van der Waals surface area (Å²) < 4.78 is 10.7. The molecule has 1 amide bonds. The van der Waals surface area contributed by atoms with E-state index in [-0.39, 0.29) is 11.3 Å². The molecule has 2 rings (SSSR count). The van der Waals surface area contributed by atoms with E-state index in [2.05, 4.69) is 0 Å². The minimum atomic E-state index is -0.319. The first kappa shape index (κ1) is 14.7. The average molecular weight is 278 g/mol. The van der Waals surface area contributed by atoms with Gasteiger partial charge in [-0.05, 0) is 18.9 Å². The fourth-order valence-electron chi connectivity index (χ4n) is 2.47. The Hall–Kier alpha value is -1.75. The molecule has 110 valence electrons. The van der Waals surface area contributed by atoms with Crippen molar-refractivity contribution in [1.82, 2.24) is 4.90 Å². The van der Waals surface area contributed by atoms with Gasteiger partial charge in [0.25, 0.3) is 0 Å². The molecule has 0 radical (unpaired) electrons. The molecule has 0 atom stereocenters. The number of nitrogens with two attached hydrogens (primary N) is 1. The van der Waals surface area contributed by atoms with Gasteiger partial charge in [-0.2, -0.15) is 0 Å². The number of hydrogen-bond donors (Lipinski definition) is 1. The fourth-order valence-corrected chi connectivity index (χ4v) is 2.47. The van der Waals surface area contributed by atoms with Crippen molar-refractivity contribution in [3.8, 4) is 11.5 Å². The molecule has 2 N–H and O–H groups in total. The van der Waals surface area contributed by atoms with Crippen LogP contribution in [0.4, 0.5) is 0 Å². The van der Waals surface area contributed by atoms with Crippen molar-refractivity contribution in [2.75, 3.05) is 27.8 Å². The SMILES string of the molecule is COc1cccc(CN(C)C(=O)C2(CN)CC2)c1OC. The van der Waals surface area contributed by atoms with Crippen LogP contribution in [-0.4, -0.2) is 38.6 Å². The van der Waals surface area contributed by atoms with Crippen LogP contribution in [0.2, 0.25) is 0 Å². The van der Waals surface area contributed by atoms with E-state index in [0.717, 1.165) is 18.4 Å². The lowest BCUT2D eigenvalue weighted by molar-refractivity contribution is -0.135. The van der Waals surface area contributed by atoms with Crippen molar-refractivity contribution in [1.29, 1.82) is 0 Å². The van der Waals surface area contributed by atoms with Crippen LogP contribution in [0.5, 0.6) is 11.5 Å². The second kappa shape index (κ2) is 5.71. The predicted molar refractivity (Wildman–Crippen MR) is 76.7 cm³/mol. The third-order valence-electron chi connectivity index (χ3n) is 3.94. The molecule has 1 fully saturated rings. The molecule has 5 nitrogen and oxygen atoms in total. The zero-order valence-corrected chi connectivity index (χ0v) is 12.3. The van der Waals surface area contributed by atoms with Crippen LogP contribution in [0.25, 0.3) is 0 Å². The van der Waals surface area contributed by atoms with Gasteiger partial charge in [-0.1, -0.05) is 12.1 Å². The van der Waals surface area contributed by atoms with Gasteiger partial charge in [0, 0.05) is 25.7 Å². The molecule has 1 aliphatic carbocycles. The van der Waals surface area contributed by atoms with Gasteiger partial charge in [-0.15, -0.1) is 0 Å². The van der Waals surface area contributed by atoms with Crippen molar-refractivity contribution in [2.24, 2.45) is 11.1 Å². The van der Waals surface area contributed by atoms with Crippen molar-refractivity contribution < 1.29 is 14.3 Å². The number of ether oxygens (including phenoxy) is 2. The van der Waals surface area contributed by atoms with E-state index >= 15 is 0 Å². The summed E-state index contributed by atoms with van der Waals surface area (Å²) in [5.41, 5.74) is 6.32. The van der Waals surface area contributed by atoms with Crippen LogP contribution < -0.4 is 15.2 Å². The second-order valence-corrected chi connectivity index (χ2v) is 5.30. The topological polar surface area (TPSA) is 64.8 Å². The first-order valence-corrected chi connectivity index (χ1v) is 6.73. The van der Waals surface area contributed by atoms with E-state index < -0.39 is 0 Å². The normalized spacial score (nSPS) is 15.6. The predicted octanol–water partition coefficient (Wildman–Crippen LogP) is 1.40. The molecule has 0 bridgehead atoms. The zero-order chi connectivity index (χ0) is 14.8. The van der Waals surface area contributed by atoms with Crippen LogP contribution >= 0.6 is 0 Å². The van der Waals surface area contributed by atoms with E-state index in [0.29, 0.717) is 24.6 Å².